The Morgan fingerprint density at radius 1 is 1.03 bits per heavy atom. The molecule has 1 aliphatic heterocycles. The number of hydrogen-bond donors (Lipinski definition) is 1. The standard InChI is InChI=1S/C24H29N3O3/c1-15-8-6-10-20(17(15)3)25-22(28)14-26(5)24(30)19-12-23(29)27(13-19)21-11-7-9-16(2)18(21)4/h6-11,19H,12-14H2,1-5H3,(H,25,28). The molecule has 1 saturated heterocycles. The van der Waals surface area contributed by atoms with E-state index in [1.807, 2.05) is 64.1 Å². The highest BCUT2D eigenvalue weighted by atomic mass is 16.2. The maximum Gasteiger partial charge on any atom is 0.243 e. The lowest BCUT2D eigenvalue weighted by atomic mass is 10.1. The molecule has 1 heterocycles. The molecule has 0 spiro atoms. The number of nitrogens with one attached hydrogen (secondary N) is 1. The molecule has 1 atom stereocenters. The summed E-state index contributed by atoms with van der Waals surface area (Å²) in [6.07, 6.45) is 0.162. The first-order valence-corrected chi connectivity index (χ1v) is 10.2. The Kier molecular flexibility index (Phi) is 6.25. The van der Waals surface area contributed by atoms with Crippen molar-refractivity contribution in [3.63, 3.8) is 0 Å². The van der Waals surface area contributed by atoms with Crippen LogP contribution in [0.15, 0.2) is 36.4 Å². The molecular weight excluding hydrogens is 378 g/mol. The first kappa shape index (κ1) is 21.6. The summed E-state index contributed by atoms with van der Waals surface area (Å²) in [7, 11) is 1.61. The van der Waals surface area contributed by atoms with Gasteiger partial charge in [-0.3, -0.25) is 14.4 Å². The molecule has 0 saturated carbocycles. The first-order chi connectivity index (χ1) is 14.2. The van der Waals surface area contributed by atoms with Gasteiger partial charge >= 0.3 is 0 Å². The highest BCUT2D eigenvalue weighted by Crippen LogP contribution is 2.30. The largest absolute Gasteiger partial charge is 0.336 e. The van der Waals surface area contributed by atoms with Crippen LogP contribution in [0.4, 0.5) is 11.4 Å². The van der Waals surface area contributed by atoms with Crippen molar-refractivity contribution in [3.8, 4) is 0 Å². The molecule has 3 amide bonds. The van der Waals surface area contributed by atoms with Crippen molar-refractivity contribution >= 4 is 29.1 Å². The lowest BCUT2D eigenvalue weighted by Gasteiger charge is -2.22. The van der Waals surface area contributed by atoms with Crippen LogP contribution in [-0.2, 0) is 14.4 Å². The summed E-state index contributed by atoms with van der Waals surface area (Å²) in [6.45, 7) is 8.21. The fourth-order valence-corrected chi connectivity index (χ4v) is 3.82. The molecular formula is C24H29N3O3. The average Bonchev–Trinajstić information content (AvgIpc) is 3.08. The minimum Gasteiger partial charge on any atom is -0.336 e. The van der Waals surface area contributed by atoms with E-state index in [4.69, 9.17) is 0 Å². The van der Waals surface area contributed by atoms with Crippen LogP contribution in [0.25, 0.3) is 0 Å². The monoisotopic (exact) mass is 407 g/mol. The minimum absolute atomic E-state index is 0.0552. The zero-order valence-corrected chi connectivity index (χ0v) is 18.3. The number of likely N-dealkylation sites (N-methyl/N-ethyl adjacent to an activating group) is 1. The van der Waals surface area contributed by atoms with E-state index in [0.717, 1.165) is 33.6 Å². The fourth-order valence-electron chi connectivity index (χ4n) is 3.82. The number of benzene rings is 2. The van der Waals surface area contributed by atoms with Gasteiger partial charge in [-0.15, -0.1) is 0 Å². The second-order valence-electron chi connectivity index (χ2n) is 8.11. The zero-order chi connectivity index (χ0) is 22.0. The predicted octanol–water partition coefficient (Wildman–Crippen LogP) is 3.37. The highest BCUT2D eigenvalue weighted by Gasteiger charge is 2.37. The number of hydrogen-bond acceptors (Lipinski definition) is 3. The Labute approximate surface area is 177 Å². The summed E-state index contributed by atoms with van der Waals surface area (Å²) < 4.78 is 0. The van der Waals surface area contributed by atoms with E-state index in [2.05, 4.69) is 5.32 Å². The van der Waals surface area contributed by atoms with E-state index < -0.39 is 5.92 Å². The minimum atomic E-state index is -0.448. The van der Waals surface area contributed by atoms with Gasteiger partial charge in [-0.25, -0.2) is 0 Å². The van der Waals surface area contributed by atoms with E-state index >= 15 is 0 Å². The predicted molar refractivity (Wildman–Crippen MR) is 119 cm³/mol. The van der Waals surface area contributed by atoms with E-state index in [-0.39, 0.29) is 30.7 Å². The van der Waals surface area contributed by atoms with Gasteiger partial charge in [0.25, 0.3) is 0 Å². The first-order valence-electron chi connectivity index (χ1n) is 10.2. The smallest absolute Gasteiger partial charge is 0.243 e. The summed E-state index contributed by atoms with van der Waals surface area (Å²) in [4.78, 5) is 41.0. The summed E-state index contributed by atoms with van der Waals surface area (Å²) in [6, 6.07) is 11.6. The van der Waals surface area contributed by atoms with Crippen LogP contribution in [0.5, 0.6) is 0 Å². The Hall–Kier alpha value is -3.15. The molecule has 0 aliphatic carbocycles. The van der Waals surface area contributed by atoms with Crippen LogP contribution in [0.1, 0.15) is 28.7 Å². The maximum atomic E-state index is 12.9. The number of nitrogens with zero attached hydrogens (tertiary/aromatic N) is 2. The molecule has 30 heavy (non-hydrogen) atoms. The fraction of sp³-hybridized carbons (Fsp3) is 0.375. The molecule has 1 aliphatic rings. The van der Waals surface area contributed by atoms with Crippen molar-refractivity contribution in [2.75, 3.05) is 30.4 Å². The third-order valence-electron chi connectivity index (χ3n) is 5.98. The van der Waals surface area contributed by atoms with Crippen molar-refractivity contribution in [1.29, 1.82) is 0 Å². The summed E-state index contributed by atoms with van der Waals surface area (Å²) in [5.41, 5.74) is 5.85. The molecule has 1 N–H and O–H groups in total. The topological polar surface area (TPSA) is 69.7 Å². The molecule has 0 radical (unpaired) electrons. The van der Waals surface area contributed by atoms with Crippen molar-refractivity contribution in [3.05, 3.63) is 58.7 Å². The number of carbonyl (C=O) groups excluding carboxylic acids is 3. The molecule has 6 heteroatoms. The van der Waals surface area contributed by atoms with E-state index in [0.29, 0.717) is 6.54 Å². The Balaban J connectivity index is 1.63. The molecule has 2 aromatic rings. The zero-order valence-electron chi connectivity index (χ0n) is 18.3. The van der Waals surface area contributed by atoms with Crippen LogP contribution in [0.3, 0.4) is 0 Å². The number of carbonyl (C=O) groups is 3. The highest BCUT2D eigenvalue weighted by molar-refractivity contribution is 6.02. The molecule has 0 aromatic heterocycles. The molecule has 6 nitrogen and oxygen atoms in total. The Morgan fingerprint density at radius 3 is 2.37 bits per heavy atom. The van der Waals surface area contributed by atoms with Crippen LogP contribution < -0.4 is 10.2 Å². The van der Waals surface area contributed by atoms with Gasteiger partial charge in [0.2, 0.25) is 17.7 Å². The molecule has 3 rings (SSSR count). The number of rotatable bonds is 5. The van der Waals surface area contributed by atoms with Crippen LogP contribution >= 0.6 is 0 Å². The van der Waals surface area contributed by atoms with E-state index in [1.54, 1.807) is 11.9 Å². The summed E-state index contributed by atoms with van der Waals surface area (Å²) in [5, 5.41) is 2.87. The van der Waals surface area contributed by atoms with Gasteiger partial charge in [-0.2, -0.15) is 0 Å². The Morgan fingerprint density at radius 2 is 1.67 bits per heavy atom. The molecule has 1 unspecified atom stereocenters. The quantitative estimate of drug-likeness (QED) is 0.826. The van der Waals surface area contributed by atoms with Crippen LogP contribution in [0.2, 0.25) is 0 Å². The third kappa shape index (κ3) is 4.37. The maximum absolute atomic E-state index is 12.9. The summed E-state index contributed by atoms with van der Waals surface area (Å²) >= 11 is 0. The number of anilines is 2. The van der Waals surface area contributed by atoms with Crippen LogP contribution in [0, 0.1) is 33.6 Å². The second-order valence-corrected chi connectivity index (χ2v) is 8.11. The van der Waals surface area contributed by atoms with Gasteiger partial charge < -0.3 is 15.1 Å². The number of amides is 3. The van der Waals surface area contributed by atoms with Crippen molar-refractivity contribution in [1.82, 2.24) is 4.90 Å². The van der Waals surface area contributed by atoms with E-state index in [9.17, 15) is 14.4 Å². The van der Waals surface area contributed by atoms with Gasteiger partial charge in [0.15, 0.2) is 0 Å². The van der Waals surface area contributed by atoms with Gasteiger partial charge in [0.05, 0.1) is 12.5 Å². The third-order valence-corrected chi connectivity index (χ3v) is 5.98. The van der Waals surface area contributed by atoms with Gasteiger partial charge in [-0.1, -0.05) is 24.3 Å². The van der Waals surface area contributed by atoms with Gasteiger partial charge in [0.1, 0.15) is 0 Å². The molecule has 2 aromatic carbocycles. The lowest BCUT2D eigenvalue weighted by Crippen LogP contribution is -2.39. The van der Waals surface area contributed by atoms with Crippen molar-refractivity contribution < 1.29 is 14.4 Å². The van der Waals surface area contributed by atoms with E-state index in [1.165, 1.54) is 4.90 Å². The van der Waals surface area contributed by atoms with Gasteiger partial charge in [-0.05, 0) is 62.1 Å². The molecule has 0 bridgehead atoms. The molecule has 158 valence electrons. The number of aryl methyl sites for hydroxylation is 2. The van der Waals surface area contributed by atoms with Crippen LogP contribution in [-0.4, -0.2) is 42.8 Å². The van der Waals surface area contributed by atoms with Gasteiger partial charge in [0, 0.05) is 31.4 Å². The SMILES string of the molecule is Cc1cccc(NC(=O)CN(C)C(=O)C2CC(=O)N(c3cccc(C)c3C)C2)c1C. The normalized spacial score (nSPS) is 16.0. The van der Waals surface area contributed by atoms with Crippen molar-refractivity contribution in [2.24, 2.45) is 5.92 Å². The average molecular weight is 408 g/mol. The summed E-state index contributed by atoms with van der Waals surface area (Å²) in [5.74, 6) is -0.950. The van der Waals surface area contributed by atoms with Crippen molar-refractivity contribution in [2.45, 2.75) is 34.1 Å². The second kappa shape index (κ2) is 8.69. The Bertz CT molecular complexity index is 999. The molecule has 1 fully saturated rings. The lowest BCUT2D eigenvalue weighted by molar-refractivity contribution is -0.137.